The average molecular weight is 556 g/mol. The molecule has 0 aliphatic heterocycles. The van der Waals surface area contributed by atoms with Gasteiger partial charge in [0.15, 0.2) is 11.6 Å². The Labute approximate surface area is 237 Å². The molecule has 0 aliphatic rings. The number of para-hydroxylation sites is 1. The average Bonchev–Trinajstić information content (AvgIpc) is 2.95. The first-order chi connectivity index (χ1) is 19.9. The Morgan fingerprint density at radius 1 is 1.10 bits per heavy atom. The first-order valence-corrected chi connectivity index (χ1v) is 12.8. The summed E-state index contributed by atoms with van der Waals surface area (Å²) in [5.74, 6) is 0.0287. The number of nitrogens with zero attached hydrogens (tertiary/aromatic N) is 3. The third-order valence-electron chi connectivity index (χ3n) is 5.80. The van der Waals surface area contributed by atoms with Crippen LogP contribution < -0.4 is 20.1 Å². The molecule has 0 saturated carbocycles. The van der Waals surface area contributed by atoms with Crippen LogP contribution in [0.4, 0.5) is 21.5 Å². The molecule has 0 radical (unpaired) electrons. The number of carbonyl (C=O) groups is 1. The lowest BCUT2D eigenvalue weighted by molar-refractivity contribution is -0.111. The van der Waals surface area contributed by atoms with E-state index in [9.17, 15) is 14.4 Å². The number of ether oxygens (including phenoxy) is 3. The van der Waals surface area contributed by atoms with E-state index >= 15 is 0 Å². The molecule has 0 aliphatic carbocycles. The number of methoxy groups -OCH3 is 1. The highest BCUT2D eigenvalue weighted by Gasteiger charge is 2.16. The summed E-state index contributed by atoms with van der Waals surface area (Å²) in [6.07, 6.45) is 4.60. The second-order valence-electron chi connectivity index (χ2n) is 9.20. The summed E-state index contributed by atoms with van der Waals surface area (Å²) in [5, 5.41) is 16.3. The lowest BCUT2D eigenvalue weighted by Crippen LogP contribution is -2.14. The third-order valence-corrected chi connectivity index (χ3v) is 5.80. The predicted molar refractivity (Wildman–Crippen MR) is 156 cm³/mol. The standard InChI is InChI=1S/C31H30FN5O4/c1-37(2)13-7-10-30(38)36-27-17-24-26(18-29(27)40-15-14-39-3)34-20-21(19-33)31(24)35-22-11-12-28(25(32)16-22)41-23-8-5-4-6-9-23/h4-12,16-18,20H,13-15H2,1-3H3,(H,34,35)(H,36,38). The monoisotopic (exact) mass is 555 g/mol. The van der Waals surface area contributed by atoms with Gasteiger partial charge < -0.3 is 29.7 Å². The zero-order valence-electron chi connectivity index (χ0n) is 23.0. The Balaban J connectivity index is 1.69. The van der Waals surface area contributed by atoms with Crippen LogP contribution in [0.2, 0.25) is 0 Å². The fourth-order valence-corrected chi connectivity index (χ4v) is 3.86. The van der Waals surface area contributed by atoms with Crippen molar-refractivity contribution in [3.8, 4) is 23.3 Å². The molecule has 210 valence electrons. The SMILES string of the molecule is COCCOc1cc2ncc(C#N)c(Nc3ccc(Oc4ccccc4)c(F)c3)c2cc1NC(=O)C=CCN(C)C. The van der Waals surface area contributed by atoms with Crippen molar-refractivity contribution in [1.29, 1.82) is 5.26 Å². The van der Waals surface area contributed by atoms with Gasteiger partial charge in [-0.1, -0.05) is 24.3 Å². The van der Waals surface area contributed by atoms with Crippen molar-refractivity contribution >= 4 is 33.9 Å². The number of rotatable bonds is 12. The minimum atomic E-state index is -0.581. The largest absolute Gasteiger partial charge is 0.489 e. The second kappa shape index (κ2) is 13.9. The lowest BCUT2D eigenvalue weighted by atomic mass is 10.1. The van der Waals surface area contributed by atoms with E-state index in [0.29, 0.717) is 52.6 Å². The number of halogens is 1. The van der Waals surface area contributed by atoms with Gasteiger partial charge in [-0.15, -0.1) is 0 Å². The number of amides is 1. The van der Waals surface area contributed by atoms with E-state index in [1.165, 1.54) is 24.4 Å². The summed E-state index contributed by atoms with van der Waals surface area (Å²) in [7, 11) is 5.36. The van der Waals surface area contributed by atoms with E-state index in [1.54, 1.807) is 55.7 Å². The fraction of sp³-hybridized carbons (Fsp3) is 0.194. The first-order valence-electron chi connectivity index (χ1n) is 12.8. The van der Waals surface area contributed by atoms with Crippen LogP contribution in [-0.2, 0) is 9.53 Å². The molecule has 3 aromatic carbocycles. The Morgan fingerprint density at radius 3 is 2.61 bits per heavy atom. The number of hydrogen-bond acceptors (Lipinski definition) is 8. The first kappa shape index (κ1) is 29.0. The van der Waals surface area contributed by atoms with E-state index in [0.717, 1.165) is 0 Å². The highest BCUT2D eigenvalue weighted by atomic mass is 19.1. The van der Waals surface area contributed by atoms with E-state index in [2.05, 4.69) is 21.7 Å². The number of carbonyl (C=O) groups excluding carboxylic acids is 1. The van der Waals surface area contributed by atoms with Crippen LogP contribution in [0, 0.1) is 17.1 Å². The summed E-state index contributed by atoms with van der Waals surface area (Å²) < 4.78 is 31.6. The molecule has 9 nitrogen and oxygen atoms in total. The van der Waals surface area contributed by atoms with Crippen LogP contribution in [0.15, 0.2) is 79.0 Å². The second-order valence-corrected chi connectivity index (χ2v) is 9.20. The molecule has 0 saturated heterocycles. The molecular formula is C31H30FN5O4. The molecule has 1 amide bonds. The lowest BCUT2D eigenvalue weighted by Gasteiger charge is -2.16. The number of pyridine rings is 1. The molecule has 0 spiro atoms. The van der Waals surface area contributed by atoms with Crippen LogP contribution in [-0.4, -0.2) is 56.8 Å². The van der Waals surface area contributed by atoms with Gasteiger partial charge in [-0.3, -0.25) is 9.78 Å². The van der Waals surface area contributed by atoms with Crippen molar-refractivity contribution in [2.75, 3.05) is 51.6 Å². The number of nitriles is 1. The number of fused-ring (bicyclic) bond motifs is 1. The Kier molecular flexibility index (Phi) is 9.83. The van der Waals surface area contributed by atoms with Crippen molar-refractivity contribution in [1.82, 2.24) is 9.88 Å². The molecule has 2 N–H and O–H groups in total. The number of hydrogen-bond donors (Lipinski definition) is 2. The van der Waals surface area contributed by atoms with Gasteiger partial charge in [-0.2, -0.15) is 5.26 Å². The molecule has 10 heteroatoms. The van der Waals surface area contributed by atoms with Crippen LogP contribution in [0.25, 0.3) is 10.9 Å². The highest BCUT2D eigenvalue weighted by molar-refractivity contribution is 6.04. The molecule has 4 aromatic rings. The summed E-state index contributed by atoms with van der Waals surface area (Å²) in [6, 6.07) is 18.8. The maximum absolute atomic E-state index is 15.0. The Morgan fingerprint density at radius 2 is 1.90 bits per heavy atom. The van der Waals surface area contributed by atoms with Crippen molar-refractivity contribution in [2.24, 2.45) is 0 Å². The molecule has 0 fully saturated rings. The van der Waals surface area contributed by atoms with E-state index in [-0.39, 0.29) is 23.8 Å². The van der Waals surface area contributed by atoms with E-state index in [1.807, 2.05) is 25.1 Å². The summed E-state index contributed by atoms with van der Waals surface area (Å²) in [5.41, 5.74) is 1.91. The van der Waals surface area contributed by atoms with Gasteiger partial charge in [0, 0.05) is 49.1 Å². The molecule has 0 atom stereocenters. The number of anilines is 3. The quantitative estimate of drug-likeness (QED) is 0.165. The van der Waals surface area contributed by atoms with Gasteiger partial charge in [0.05, 0.1) is 29.1 Å². The third kappa shape index (κ3) is 7.79. The minimum Gasteiger partial charge on any atom is -0.489 e. The van der Waals surface area contributed by atoms with Crippen LogP contribution in [0.3, 0.4) is 0 Å². The summed E-state index contributed by atoms with van der Waals surface area (Å²) in [4.78, 5) is 19.0. The van der Waals surface area contributed by atoms with Gasteiger partial charge in [-0.05, 0) is 44.4 Å². The molecule has 0 bridgehead atoms. The Hall–Kier alpha value is -4.98. The topological polar surface area (TPSA) is 109 Å². The maximum Gasteiger partial charge on any atom is 0.248 e. The molecular weight excluding hydrogens is 525 g/mol. The number of likely N-dealkylation sites (N-methyl/N-ethyl adjacent to an activating group) is 1. The van der Waals surface area contributed by atoms with Crippen LogP contribution >= 0.6 is 0 Å². The van der Waals surface area contributed by atoms with Gasteiger partial charge in [0.2, 0.25) is 5.91 Å². The number of nitrogens with one attached hydrogen (secondary N) is 2. The maximum atomic E-state index is 15.0. The van der Waals surface area contributed by atoms with Crippen molar-refractivity contribution in [3.05, 3.63) is 90.4 Å². The van der Waals surface area contributed by atoms with Crippen molar-refractivity contribution < 1.29 is 23.4 Å². The molecule has 41 heavy (non-hydrogen) atoms. The van der Waals surface area contributed by atoms with Gasteiger partial charge in [-0.25, -0.2) is 4.39 Å². The number of benzene rings is 3. The van der Waals surface area contributed by atoms with Crippen LogP contribution in [0.1, 0.15) is 5.56 Å². The molecule has 1 heterocycles. The molecule has 4 rings (SSSR count). The molecule has 0 unspecified atom stereocenters. The molecule has 1 aromatic heterocycles. The van der Waals surface area contributed by atoms with Gasteiger partial charge in [0.1, 0.15) is 24.2 Å². The highest BCUT2D eigenvalue weighted by Crippen LogP contribution is 2.37. The minimum absolute atomic E-state index is 0.0620. The fourth-order valence-electron chi connectivity index (χ4n) is 3.86. The van der Waals surface area contributed by atoms with Crippen LogP contribution in [0.5, 0.6) is 17.2 Å². The summed E-state index contributed by atoms with van der Waals surface area (Å²) >= 11 is 0. The van der Waals surface area contributed by atoms with E-state index in [4.69, 9.17) is 14.2 Å². The van der Waals surface area contributed by atoms with Crippen molar-refractivity contribution in [3.63, 3.8) is 0 Å². The zero-order valence-corrected chi connectivity index (χ0v) is 23.0. The van der Waals surface area contributed by atoms with E-state index < -0.39 is 5.82 Å². The number of aromatic nitrogens is 1. The Bertz CT molecular complexity index is 1590. The van der Waals surface area contributed by atoms with Gasteiger partial charge in [0.25, 0.3) is 0 Å². The summed E-state index contributed by atoms with van der Waals surface area (Å²) in [6.45, 7) is 1.19. The predicted octanol–water partition coefficient (Wildman–Crippen LogP) is 5.86. The van der Waals surface area contributed by atoms with Crippen molar-refractivity contribution in [2.45, 2.75) is 0 Å². The zero-order chi connectivity index (χ0) is 29.2. The normalized spacial score (nSPS) is 11.0. The smallest absolute Gasteiger partial charge is 0.248 e. The van der Waals surface area contributed by atoms with Gasteiger partial charge >= 0.3 is 0 Å².